The number of amides is 1. The van der Waals surface area contributed by atoms with Gasteiger partial charge in [-0.25, -0.2) is 0 Å². The van der Waals surface area contributed by atoms with Gasteiger partial charge in [-0.15, -0.1) is 0 Å². The summed E-state index contributed by atoms with van der Waals surface area (Å²) < 4.78 is 8.18. The number of ether oxygens (including phenoxy) is 1. The molecule has 1 aromatic heterocycles. The maximum atomic E-state index is 13.4. The third-order valence-electron chi connectivity index (χ3n) is 6.98. The molecule has 2 aliphatic rings. The van der Waals surface area contributed by atoms with E-state index in [1.165, 1.54) is 0 Å². The van der Waals surface area contributed by atoms with Crippen LogP contribution < -0.4 is 4.74 Å². The number of carbonyl (C=O) groups excluding carboxylic acids is 2. The SMILES string of the molecule is Cc1cc2c(cc1C)C(=O)CC1(CCN(C(=O)c3cc(-c4ccnn4C)ccc3Cl)CC1)O2. The lowest BCUT2D eigenvalue weighted by molar-refractivity contribution is -0.00574. The lowest BCUT2D eigenvalue weighted by Crippen LogP contribution is -2.52. The monoisotopic (exact) mass is 463 g/mol. The lowest BCUT2D eigenvalue weighted by Gasteiger charge is -2.44. The highest BCUT2D eigenvalue weighted by Gasteiger charge is 2.44. The van der Waals surface area contributed by atoms with E-state index in [0.29, 0.717) is 54.3 Å². The van der Waals surface area contributed by atoms with Crippen LogP contribution in [0.4, 0.5) is 0 Å². The van der Waals surface area contributed by atoms with E-state index < -0.39 is 5.60 Å². The van der Waals surface area contributed by atoms with Gasteiger partial charge < -0.3 is 9.64 Å². The molecule has 2 aromatic carbocycles. The number of fused-ring (bicyclic) bond motifs is 1. The minimum absolute atomic E-state index is 0.104. The Labute approximate surface area is 198 Å². The second-order valence-corrected chi connectivity index (χ2v) is 9.55. The molecule has 2 aliphatic heterocycles. The van der Waals surface area contributed by atoms with Gasteiger partial charge in [0, 0.05) is 44.7 Å². The molecule has 1 saturated heterocycles. The van der Waals surface area contributed by atoms with Crippen molar-refractivity contribution in [3.05, 3.63) is 69.9 Å². The van der Waals surface area contributed by atoms with Gasteiger partial charge in [-0.3, -0.25) is 14.3 Å². The molecule has 0 unspecified atom stereocenters. The van der Waals surface area contributed by atoms with E-state index in [9.17, 15) is 9.59 Å². The van der Waals surface area contributed by atoms with Crippen molar-refractivity contribution in [3.8, 4) is 17.0 Å². The standard InChI is InChI=1S/C26H26ClN3O3/c1-16-12-20-23(31)15-26(33-24(20)13-17(16)2)7-10-30(11-8-26)25(32)19-14-18(4-5-21(19)27)22-6-9-28-29(22)3/h4-6,9,12-14H,7-8,10-11,15H2,1-3H3. The largest absolute Gasteiger partial charge is 0.486 e. The van der Waals surface area contributed by atoms with Crippen LogP contribution in [0.1, 0.15) is 51.1 Å². The van der Waals surface area contributed by atoms with E-state index >= 15 is 0 Å². The Hall–Kier alpha value is -3.12. The van der Waals surface area contributed by atoms with Gasteiger partial charge in [0.25, 0.3) is 5.91 Å². The summed E-state index contributed by atoms with van der Waals surface area (Å²) in [6.45, 7) is 5.05. The topological polar surface area (TPSA) is 64.4 Å². The Bertz CT molecular complexity index is 1270. The second kappa shape index (κ2) is 8.03. The molecule has 1 fully saturated rings. The number of ketones is 1. The molecule has 3 aromatic rings. The van der Waals surface area contributed by atoms with E-state index in [2.05, 4.69) is 5.10 Å². The maximum absolute atomic E-state index is 13.4. The zero-order valence-electron chi connectivity index (χ0n) is 19.0. The fourth-order valence-corrected chi connectivity index (χ4v) is 5.02. The third kappa shape index (κ3) is 3.82. The Morgan fingerprint density at radius 2 is 1.82 bits per heavy atom. The number of carbonyl (C=O) groups is 2. The highest BCUT2D eigenvalue weighted by molar-refractivity contribution is 6.34. The summed E-state index contributed by atoms with van der Waals surface area (Å²) in [7, 11) is 1.86. The third-order valence-corrected chi connectivity index (χ3v) is 7.31. The summed E-state index contributed by atoms with van der Waals surface area (Å²) in [6.07, 6.45) is 3.29. The van der Waals surface area contributed by atoms with Crippen molar-refractivity contribution in [2.75, 3.05) is 13.1 Å². The van der Waals surface area contributed by atoms with Gasteiger partial charge in [-0.05, 0) is 55.3 Å². The molecule has 0 radical (unpaired) electrons. The van der Waals surface area contributed by atoms with E-state index in [-0.39, 0.29) is 11.7 Å². The number of hydrogen-bond acceptors (Lipinski definition) is 4. The number of halogens is 1. The van der Waals surface area contributed by atoms with Crippen molar-refractivity contribution in [2.45, 2.75) is 38.7 Å². The molecule has 6 nitrogen and oxygen atoms in total. The van der Waals surface area contributed by atoms with E-state index in [1.54, 1.807) is 16.9 Å². The predicted octanol–water partition coefficient (Wildman–Crippen LogP) is 5.00. The summed E-state index contributed by atoms with van der Waals surface area (Å²) in [5.74, 6) is 0.681. The first kappa shape index (κ1) is 21.7. The summed E-state index contributed by atoms with van der Waals surface area (Å²) >= 11 is 6.42. The molecule has 5 rings (SSSR count). The molecule has 33 heavy (non-hydrogen) atoms. The second-order valence-electron chi connectivity index (χ2n) is 9.14. The summed E-state index contributed by atoms with van der Waals surface area (Å²) in [6, 6.07) is 11.3. The Morgan fingerprint density at radius 1 is 1.09 bits per heavy atom. The van der Waals surface area contributed by atoms with E-state index in [4.69, 9.17) is 16.3 Å². The minimum atomic E-state index is -0.553. The number of nitrogens with zero attached hydrogens (tertiary/aromatic N) is 3. The van der Waals surface area contributed by atoms with Crippen LogP contribution in [-0.4, -0.2) is 45.1 Å². The fourth-order valence-electron chi connectivity index (χ4n) is 4.82. The van der Waals surface area contributed by atoms with Crippen molar-refractivity contribution >= 4 is 23.3 Å². The molecular weight excluding hydrogens is 438 g/mol. The van der Waals surface area contributed by atoms with E-state index in [0.717, 1.165) is 22.4 Å². The smallest absolute Gasteiger partial charge is 0.255 e. The van der Waals surface area contributed by atoms with Crippen LogP contribution in [0.15, 0.2) is 42.6 Å². The molecule has 7 heteroatoms. The number of benzene rings is 2. The molecule has 0 N–H and O–H groups in total. The van der Waals surface area contributed by atoms with Crippen molar-refractivity contribution < 1.29 is 14.3 Å². The van der Waals surface area contributed by atoms with Gasteiger partial charge in [0.1, 0.15) is 11.4 Å². The number of Topliss-reactive ketones (excluding diaryl/α,β-unsaturated/α-hetero) is 1. The number of piperidine rings is 1. The molecule has 0 bridgehead atoms. The number of hydrogen-bond donors (Lipinski definition) is 0. The average molecular weight is 464 g/mol. The van der Waals surface area contributed by atoms with Crippen molar-refractivity contribution in [1.82, 2.24) is 14.7 Å². The molecule has 1 spiro atoms. The zero-order chi connectivity index (χ0) is 23.3. The average Bonchev–Trinajstić information content (AvgIpc) is 3.21. The van der Waals surface area contributed by atoms with Crippen molar-refractivity contribution in [1.29, 1.82) is 0 Å². The molecule has 0 saturated carbocycles. The highest BCUT2D eigenvalue weighted by Crippen LogP contribution is 2.40. The first-order valence-electron chi connectivity index (χ1n) is 11.2. The van der Waals surface area contributed by atoms with Crippen LogP contribution in [-0.2, 0) is 7.05 Å². The van der Waals surface area contributed by atoms with Crippen molar-refractivity contribution in [2.24, 2.45) is 7.05 Å². The first-order chi connectivity index (χ1) is 15.8. The molecule has 0 aliphatic carbocycles. The van der Waals surface area contributed by atoms with Gasteiger partial charge in [0.05, 0.1) is 28.3 Å². The normalized spacial score (nSPS) is 17.1. The van der Waals surface area contributed by atoms with Crippen LogP contribution >= 0.6 is 11.6 Å². The molecule has 170 valence electrons. The van der Waals surface area contributed by atoms with Crippen LogP contribution in [0.2, 0.25) is 5.02 Å². The van der Waals surface area contributed by atoms with E-state index in [1.807, 2.05) is 56.1 Å². The predicted molar refractivity (Wildman–Crippen MR) is 127 cm³/mol. The number of rotatable bonds is 2. The summed E-state index contributed by atoms with van der Waals surface area (Å²) in [5.41, 5.74) is 4.59. The number of aromatic nitrogens is 2. The quantitative estimate of drug-likeness (QED) is 0.536. The summed E-state index contributed by atoms with van der Waals surface area (Å²) in [5, 5.41) is 4.63. The van der Waals surface area contributed by atoms with Gasteiger partial charge >= 0.3 is 0 Å². The van der Waals surface area contributed by atoms with Gasteiger partial charge in [-0.1, -0.05) is 17.7 Å². The first-order valence-corrected chi connectivity index (χ1v) is 11.5. The Kier molecular flexibility index (Phi) is 5.28. The van der Waals surface area contributed by atoms with Crippen LogP contribution in [0, 0.1) is 13.8 Å². The van der Waals surface area contributed by atoms with Gasteiger partial charge in [-0.2, -0.15) is 5.10 Å². The number of likely N-dealkylation sites (tertiary alicyclic amines) is 1. The molecule has 3 heterocycles. The molecule has 1 amide bonds. The minimum Gasteiger partial charge on any atom is -0.486 e. The van der Waals surface area contributed by atoms with Crippen molar-refractivity contribution in [3.63, 3.8) is 0 Å². The van der Waals surface area contributed by atoms with Gasteiger partial charge in [0.15, 0.2) is 5.78 Å². The lowest BCUT2D eigenvalue weighted by atomic mass is 9.81. The Balaban J connectivity index is 1.35. The summed E-state index contributed by atoms with van der Waals surface area (Å²) in [4.78, 5) is 28.1. The van der Waals surface area contributed by atoms with Crippen LogP contribution in [0.5, 0.6) is 5.75 Å². The molecule has 0 atom stereocenters. The maximum Gasteiger partial charge on any atom is 0.255 e. The highest BCUT2D eigenvalue weighted by atomic mass is 35.5. The zero-order valence-corrected chi connectivity index (χ0v) is 19.8. The van der Waals surface area contributed by atoms with Gasteiger partial charge in [0.2, 0.25) is 0 Å². The molecular formula is C26H26ClN3O3. The van der Waals surface area contributed by atoms with Crippen LogP contribution in [0.3, 0.4) is 0 Å². The Morgan fingerprint density at radius 3 is 2.52 bits per heavy atom. The number of aryl methyl sites for hydroxylation is 3. The van der Waals surface area contributed by atoms with Crippen LogP contribution in [0.25, 0.3) is 11.3 Å². The fraction of sp³-hybridized carbons (Fsp3) is 0.346.